The number of hydrogen-bond acceptors (Lipinski definition) is 3. The number of unbranched alkanes of at least 4 members (excludes halogenated alkanes) is 4. The van der Waals surface area contributed by atoms with Crippen molar-refractivity contribution in [1.82, 2.24) is 0 Å². The second-order valence-electron chi connectivity index (χ2n) is 9.20. The van der Waals surface area contributed by atoms with Crippen LogP contribution in [0.1, 0.15) is 117 Å². The molecule has 3 nitrogen and oxygen atoms in total. The van der Waals surface area contributed by atoms with E-state index in [1.807, 2.05) is 0 Å². The molecule has 0 N–H and O–H groups in total. The SMILES string of the molecule is CCCCCC1CCC(OC(=O)[C@H]2CC[C@@](C#N)(CCCCC)CC2)CC1. The Labute approximate surface area is 167 Å². The van der Waals surface area contributed by atoms with Crippen LogP contribution in [0, 0.1) is 28.6 Å². The lowest BCUT2D eigenvalue weighted by Crippen LogP contribution is -2.33. The van der Waals surface area contributed by atoms with E-state index in [1.54, 1.807) is 0 Å². The lowest BCUT2D eigenvalue weighted by atomic mass is 9.69. The van der Waals surface area contributed by atoms with Gasteiger partial charge in [0.1, 0.15) is 6.10 Å². The van der Waals surface area contributed by atoms with Gasteiger partial charge >= 0.3 is 5.97 Å². The molecule has 0 aromatic rings. The van der Waals surface area contributed by atoms with E-state index >= 15 is 0 Å². The molecular formula is C24H41NO2. The number of esters is 1. The topological polar surface area (TPSA) is 50.1 Å². The van der Waals surface area contributed by atoms with Crippen LogP contribution in [0.2, 0.25) is 0 Å². The summed E-state index contributed by atoms with van der Waals surface area (Å²) in [5.41, 5.74) is -0.178. The van der Waals surface area contributed by atoms with Gasteiger partial charge in [-0.25, -0.2) is 0 Å². The maximum Gasteiger partial charge on any atom is 0.309 e. The van der Waals surface area contributed by atoms with E-state index in [-0.39, 0.29) is 23.4 Å². The van der Waals surface area contributed by atoms with Gasteiger partial charge in [-0.3, -0.25) is 4.79 Å². The standard InChI is InChI=1S/C24H41NO2/c1-3-5-7-9-20-10-12-22(13-11-20)27-23(26)21-14-17-24(19-25,18-15-21)16-8-6-4-2/h20-22H,3-18H2,1-2H3/t20?,21-,22?,24-. The minimum absolute atomic E-state index is 0.0181. The molecular weight excluding hydrogens is 334 g/mol. The number of nitriles is 1. The highest BCUT2D eigenvalue weighted by molar-refractivity contribution is 5.72. The molecule has 2 rings (SSSR count). The van der Waals surface area contributed by atoms with Gasteiger partial charge in [0.25, 0.3) is 0 Å². The number of carbonyl (C=O) groups is 1. The third kappa shape index (κ3) is 7.13. The summed E-state index contributed by atoms with van der Waals surface area (Å²) in [5, 5.41) is 9.66. The van der Waals surface area contributed by atoms with Gasteiger partial charge < -0.3 is 4.74 Å². The van der Waals surface area contributed by atoms with Crippen molar-refractivity contribution < 1.29 is 9.53 Å². The molecule has 154 valence electrons. The highest BCUT2D eigenvalue weighted by atomic mass is 16.5. The fourth-order valence-electron chi connectivity index (χ4n) is 5.02. The van der Waals surface area contributed by atoms with Crippen molar-refractivity contribution in [2.45, 2.75) is 123 Å². The first-order valence-electron chi connectivity index (χ1n) is 11.7. The zero-order valence-electron chi connectivity index (χ0n) is 17.8. The lowest BCUT2D eigenvalue weighted by molar-refractivity contribution is -0.157. The second-order valence-corrected chi connectivity index (χ2v) is 9.20. The Morgan fingerprint density at radius 1 is 0.963 bits per heavy atom. The lowest BCUT2D eigenvalue weighted by Gasteiger charge is -2.35. The quantitative estimate of drug-likeness (QED) is 0.306. The summed E-state index contributed by atoms with van der Waals surface area (Å²) < 4.78 is 5.88. The van der Waals surface area contributed by atoms with Crippen LogP contribution in [0.4, 0.5) is 0 Å². The average molecular weight is 376 g/mol. The Hall–Kier alpha value is -1.04. The van der Waals surface area contributed by atoms with Gasteiger partial charge in [-0.05, 0) is 63.7 Å². The Morgan fingerprint density at radius 3 is 2.19 bits per heavy atom. The smallest absolute Gasteiger partial charge is 0.309 e. The third-order valence-corrected chi connectivity index (χ3v) is 7.06. The number of rotatable bonds is 10. The Kier molecular flexibility index (Phi) is 9.66. The van der Waals surface area contributed by atoms with Gasteiger partial charge in [0.05, 0.1) is 17.4 Å². The highest BCUT2D eigenvalue weighted by Gasteiger charge is 2.38. The maximum atomic E-state index is 12.6. The van der Waals surface area contributed by atoms with Crippen molar-refractivity contribution in [2.75, 3.05) is 0 Å². The molecule has 0 bridgehead atoms. The highest BCUT2D eigenvalue weighted by Crippen LogP contribution is 2.43. The molecule has 0 radical (unpaired) electrons. The molecule has 27 heavy (non-hydrogen) atoms. The Bertz CT molecular complexity index is 465. The van der Waals surface area contributed by atoms with Crippen molar-refractivity contribution in [3.63, 3.8) is 0 Å². The van der Waals surface area contributed by atoms with Gasteiger partial charge in [0, 0.05) is 0 Å². The monoisotopic (exact) mass is 375 g/mol. The van der Waals surface area contributed by atoms with Crippen molar-refractivity contribution in [2.24, 2.45) is 17.3 Å². The van der Waals surface area contributed by atoms with Gasteiger partial charge in [0.2, 0.25) is 0 Å². The summed E-state index contributed by atoms with van der Waals surface area (Å²) in [4.78, 5) is 12.6. The zero-order valence-corrected chi connectivity index (χ0v) is 17.8. The van der Waals surface area contributed by atoms with Crippen LogP contribution in [-0.4, -0.2) is 12.1 Å². The van der Waals surface area contributed by atoms with Crippen LogP contribution >= 0.6 is 0 Å². The van der Waals surface area contributed by atoms with E-state index in [1.165, 1.54) is 51.4 Å². The van der Waals surface area contributed by atoms with Crippen molar-refractivity contribution in [1.29, 1.82) is 5.26 Å². The average Bonchev–Trinajstić information content (AvgIpc) is 2.70. The first-order chi connectivity index (χ1) is 13.1. The van der Waals surface area contributed by atoms with Crippen LogP contribution in [0.25, 0.3) is 0 Å². The molecule has 2 aliphatic carbocycles. The Morgan fingerprint density at radius 2 is 1.59 bits per heavy atom. The number of nitrogens with zero attached hydrogens (tertiary/aromatic N) is 1. The van der Waals surface area contributed by atoms with Crippen LogP contribution in [0.3, 0.4) is 0 Å². The molecule has 0 amide bonds. The molecule has 0 unspecified atom stereocenters. The molecule has 0 aromatic heterocycles. The molecule has 2 aliphatic rings. The number of carbonyl (C=O) groups excluding carboxylic acids is 1. The van der Waals surface area contributed by atoms with E-state index in [0.29, 0.717) is 0 Å². The first kappa shape index (κ1) is 22.3. The summed E-state index contributed by atoms with van der Waals surface area (Å²) in [6.45, 7) is 4.46. The molecule has 0 heterocycles. The molecule has 0 atom stereocenters. The fraction of sp³-hybridized carbons (Fsp3) is 0.917. The normalized spacial score (nSPS) is 31.2. The van der Waals surface area contributed by atoms with Gasteiger partial charge in [0.15, 0.2) is 0 Å². The predicted molar refractivity (Wildman–Crippen MR) is 110 cm³/mol. The Balaban J connectivity index is 1.68. The number of hydrogen-bond donors (Lipinski definition) is 0. The van der Waals surface area contributed by atoms with Crippen molar-refractivity contribution in [3.8, 4) is 6.07 Å². The molecule has 0 saturated heterocycles. The summed E-state index contributed by atoms with van der Waals surface area (Å²) in [6, 6.07) is 2.59. The fourth-order valence-corrected chi connectivity index (χ4v) is 5.02. The van der Waals surface area contributed by atoms with Crippen LogP contribution in [0.5, 0.6) is 0 Å². The van der Waals surface area contributed by atoms with Crippen LogP contribution < -0.4 is 0 Å². The molecule has 0 spiro atoms. The van der Waals surface area contributed by atoms with E-state index in [4.69, 9.17) is 4.74 Å². The summed E-state index contributed by atoms with van der Waals surface area (Å²) >= 11 is 0. The molecule has 3 heteroatoms. The largest absolute Gasteiger partial charge is 0.462 e. The van der Waals surface area contributed by atoms with Crippen molar-refractivity contribution in [3.05, 3.63) is 0 Å². The van der Waals surface area contributed by atoms with Crippen LogP contribution in [-0.2, 0) is 9.53 Å². The van der Waals surface area contributed by atoms with E-state index in [2.05, 4.69) is 19.9 Å². The minimum atomic E-state index is -0.178. The van der Waals surface area contributed by atoms with E-state index in [0.717, 1.165) is 57.3 Å². The van der Waals surface area contributed by atoms with Crippen LogP contribution in [0.15, 0.2) is 0 Å². The zero-order chi connectivity index (χ0) is 19.5. The van der Waals surface area contributed by atoms with E-state index in [9.17, 15) is 10.1 Å². The number of ether oxygens (including phenoxy) is 1. The van der Waals surface area contributed by atoms with E-state index < -0.39 is 0 Å². The van der Waals surface area contributed by atoms with Gasteiger partial charge in [-0.1, -0.05) is 58.8 Å². The maximum absolute atomic E-state index is 12.6. The second kappa shape index (κ2) is 11.7. The van der Waals surface area contributed by atoms with Crippen molar-refractivity contribution >= 4 is 5.97 Å². The first-order valence-corrected chi connectivity index (χ1v) is 11.7. The minimum Gasteiger partial charge on any atom is -0.462 e. The molecule has 0 aromatic carbocycles. The summed E-state index contributed by atoms with van der Waals surface area (Å²) in [6.07, 6.45) is 18.0. The summed E-state index contributed by atoms with van der Waals surface area (Å²) in [7, 11) is 0. The predicted octanol–water partition coefficient (Wildman–Crippen LogP) is 6.95. The van der Waals surface area contributed by atoms with Gasteiger partial charge in [-0.2, -0.15) is 5.26 Å². The third-order valence-electron chi connectivity index (χ3n) is 7.06. The summed E-state index contributed by atoms with van der Waals surface area (Å²) in [5.74, 6) is 0.894. The molecule has 2 fully saturated rings. The van der Waals surface area contributed by atoms with Gasteiger partial charge in [-0.15, -0.1) is 0 Å². The molecule has 2 saturated carbocycles. The molecule has 0 aliphatic heterocycles.